The van der Waals surface area contributed by atoms with Crippen molar-refractivity contribution in [1.29, 1.82) is 0 Å². The lowest BCUT2D eigenvalue weighted by Gasteiger charge is -2.16. The van der Waals surface area contributed by atoms with Crippen LogP contribution in [0.4, 0.5) is 18.9 Å². The highest BCUT2D eigenvalue weighted by molar-refractivity contribution is 5.78. The fraction of sp³-hybridized carbons (Fsp3) is 0.333. The highest BCUT2D eigenvalue weighted by Gasteiger charge is 2.27. The van der Waals surface area contributed by atoms with Crippen LogP contribution in [-0.4, -0.2) is 47.7 Å². The van der Waals surface area contributed by atoms with E-state index >= 15 is 0 Å². The van der Waals surface area contributed by atoms with Crippen molar-refractivity contribution in [3.63, 3.8) is 0 Å². The summed E-state index contributed by atoms with van der Waals surface area (Å²) >= 11 is 0. The van der Waals surface area contributed by atoms with Crippen molar-refractivity contribution in [2.45, 2.75) is 12.6 Å². The first kappa shape index (κ1) is 17.6. The van der Waals surface area contributed by atoms with Crippen molar-refractivity contribution in [3.05, 3.63) is 36.5 Å². The molecule has 0 bridgehead atoms. The van der Waals surface area contributed by atoms with Gasteiger partial charge in [-0.05, 0) is 6.07 Å². The normalized spacial score (nSPS) is 11.2. The number of nitrogens with zero attached hydrogens (tertiary/aromatic N) is 4. The molecule has 0 aliphatic carbocycles. The van der Waals surface area contributed by atoms with Crippen LogP contribution < -0.4 is 10.2 Å². The van der Waals surface area contributed by atoms with E-state index in [0.29, 0.717) is 11.4 Å². The Morgan fingerprint density at radius 2 is 1.96 bits per heavy atom. The molecule has 2 aromatic heterocycles. The van der Waals surface area contributed by atoms with Gasteiger partial charge in [-0.1, -0.05) is 0 Å². The number of hydrogen-bond acceptors (Lipinski definition) is 5. The topological polar surface area (TPSA) is 71.0 Å². The lowest BCUT2D eigenvalue weighted by atomic mass is 10.1. The minimum Gasteiger partial charge on any atom is -0.376 e. The number of carbonyl (C=O) groups is 1. The average Bonchev–Trinajstić information content (AvgIpc) is 2.53. The summed E-state index contributed by atoms with van der Waals surface area (Å²) in [5, 5.41) is 1.79. The van der Waals surface area contributed by atoms with Gasteiger partial charge in [0.25, 0.3) is 0 Å². The second-order valence-corrected chi connectivity index (χ2v) is 5.25. The standard InChI is InChI=1S/C15H16F3N5O/c1-23(2)13-8-19-4-3-11(13)12-7-20-10(6-21-12)5-14(24)22-9-15(16,17)18/h3-4,6-8H,5,9H2,1-2H3,(H,22,24). The zero-order valence-electron chi connectivity index (χ0n) is 13.1. The molecule has 0 unspecified atom stereocenters. The summed E-state index contributed by atoms with van der Waals surface area (Å²) in [4.78, 5) is 25.7. The van der Waals surface area contributed by atoms with Crippen LogP contribution in [0.15, 0.2) is 30.9 Å². The molecule has 24 heavy (non-hydrogen) atoms. The van der Waals surface area contributed by atoms with Crippen LogP contribution in [0.1, 0.15) is 5.69 Å². The van der Waals surface area contributed by atoms with Gasteiger partial charge in [0, 0.05) is 32.1 Å². The Kier molecular flexibility index (Phi) is 5.32. The Balaban J connectivity index is 2.08. The molecule has 128 valence electrons. The summed E-state index contributed by atoms with van der Waals surface area (Å²) in [7, 11) is 3.74. The van der Waals surface area contributed by atoms with Crippen molar-refractivity contribution < 1.29 is 18.0 Å². The number of alkyl halides is 3. The molecule has 0 aliphatic heterocycles. The van der Waals surface area contributed by atoms with Crippen molar-refractivity contribution in [3.8, 4) is 11.3 Å². The molecule has 0 aromatic carbocycles. The number of amides is 1. The molecule has 2 rings (SSSR count). The Labute approximate surface area is 136 Å². The largest absolute Gasteiger partial charge is 0.405 e. The first-order valence-corrected chi connectivity index (χ1v) is 7.02. The van der Waals surface area contributed by atoms with Gasteiger partial charge < -0.3 is 10.2 Å². The lowest BCUT2D eigenvalue weighted by Crippen LogP contribution is -2.34. The molecule has 6 nitrogen and oxygen atoms in total. The van der Waals surface area contributed by atoms with Crippen molar-refractivity contribution in [1.82, 2.24) is 20.3 Å². The highest BCUT2D eigenvalue weighted by atomic mass is 19.4. The Hall–Kier alpha value is -2.71. The lowest BCUT2D eigenvalue weighted by molar-refractivity contribution is -0.138. The van der Waals surface area contributed by atoms with Crippen LogP contribution in [0, 0.1) is 0 Å². The first-order valence-electron chi connectivity index (χ1n) is 7.02. The van der Waals surface area contributed by atoms with E-state index in [9.17, 15) is 18.0 Å². The van der Waals surface area contributed by atoms with Crippen molar-refractivity contribution >= 4 is 11.6 Å². The predicted molar refractivity (Wildman–Crippen MR) is 82.4 cm³/mol. The third kappa shape index (κ3) is 4.90. The fourth-order valence-corrected chi connectivity index (χ4v) is 1.97. The smallest absolute Gasteiger partial charge is 0.376 e. The number of nitrogens with one attached hydrogen (secondary N) is 1. The van der Waals surface area contributed by atoms with Gasteiger partial charge in [-0.15, -0.1) is 0 Å². The predicted octanol–water partition coefficient (Wildman–Crippen LogP) is 1.83. The van der Waals surface area contributed by atoms with E-state index in [1.54, 1.807) is 23.8 Å². The summed E-state index contributed by atoms with van der Waals surface area (Å²) in [5.74, 6) is -0.757. The van der Waals surface area contributed by atoms with E-state index in [1.807, 2.05) is 19.0 Å². The molecule has 0 fully saturated rings. The molecule has 0 radical (unpaired) electrons. The Morgan fingerprint density at radius 3 is 2.54 bits per heavy atom. The average molecular weight is 339 g/mol. The van der Waals surface area contributed by atoms with E-state index in [-0.39, 0.29) is 6.42 Å². The molecule has 0 spiro atoms. The molecule has 0 atom stereocenters. The minimum absolute atomic E-state index is 0.264. The molecule has 1 amide bonds. The van der Waals surface area contributed by atoms with Crippen LogP contribution in [0.25, 0.3) is 11.3 Å². The third-order valence-electron chi connectivity index (χ3n) is 3.09. The van der Waals surface area contributed by atoms with Crippen molar-refractivity contribution in [2.24, 2.45) is 0 Å². The molecule has 2 aromatic rings. The van der Waals surface area contributed by atoms with Gasteiger partial charge in [-0.3, -0.25) is 19.7 Å². The summed E-state index contributed by atoms with van der Waals surface area (Å²) in [6, 6.07) is 1.79. The van der Waals surface area contributed by atoms with Crippen LogP contribution in [0.2, 0.25) is 0 Å². The third-order valence-corrected chi connectivity index (χ3v) is 3.09. The number of hydrogen-bond donors (Lipinski definition) is 1. The van der Waals surface area contributed by atoms with E-state index in [1.165, 1.54) is 12.4 Å². The number of rotatable bonds is 5. The molecule has 2 heterocycles. The highest BCUT2D eigenvalue weighted by Crippen LogP contribution is 2.26. The summed E-state index contributed by atoms with van der Waals surface area (Å²) in [5.41, 5.74) is 2.54. The second kappa shape index (κ2) is 7.24. The molecular weight excluding hydrogens is 323 g/mol. The number of anilines is 1. The van der Waals surface area contributed by atoms with Gasteiger partial charge in [-0.25, -0.2) is 0 Å². The number of aromatic nitrogens is 3. The SMILES string of the molecule is CN(C)c1cnccc1-c1cnc(CC(=O)NCC(F)(F)F)cn1. The second-order valence-electron chi connectivity index (χ2n) is 5.25. The first-order chi connectivity index (χ1) is 11.3. The molecule has 0 aliphatic rings. The van der Waals surface area contributed by atoms with Gasteiger partial charge >= 0.3 is 6.18 Å². The van der Waals surface area contributed by atoms with Crippen molar-refractivity contribution in [2.75, 3.05) is 25.5 Å². The maximum atomic E-state index is 12.0. The van der Waals surface area contributed by atoms with Crippen LogP contribution in [-0.2, 0) is 11.2 Å². The zero-order chi connectivity index (χ0) is 17.7. The molecular formula is C15H16F3N5O. The molecule has 9 heteroatoms. The van der Waals surface area contributed by atoms with Gasteiger partial charge in [0.2, 0.25) is 5.91 Å². The minimum atomic E-state index is -4.44. The van der Waals surface area contributed by atoms with Crippen LogP contribution >= 0.6 is 0 Å². The summed E-state index contributed by atoms with van der Waals surface area (Å²) in [6.45, 7) is -1.36. The van der Waals surface area contributed by atoms with Crippen LogP contribution in [0.3, 0.4) is 0 Å². The number of pyridine rings is 1. The fourth-order valence-electron chi connectivity index (χ4n) is 1.97. The summed E-state index contributed by atoms with van der Waals surface area (Å²) in [6.07, 6.45) is 1.48. The van der Waals surface area contributed by atoms with E-state index in [4.69, 9.17) is 0 Å². The van der Waals surface area contributed by atoms with Gasteiger partial charge in [0.05, 0.1) is 35.9 Å². The molecule has 1 N–H and O–H groups in total. The monoisotopic (exact) mass is 339 g/mol. The van der Waals surface area contributed by atoms with Gasteiger partial charge in [0.15, 0.2) is 0 Å². The van der Waals surface area contributed by atoms with Gasteiger partial charge in [0.1, 0.15) is 6.54 Å². The number of carbonyl (C=O) groups excluding carboxylic acids is 1. The van der Waals surface area contributed by atoms with E-state index < -0.39 is 18.6 Å². The Bertz CT molecular complexity index is 701. The molecule has 0 saturated carbocycles. The van der Waals surface area contributed by atoms with Crippen LogP contribution in [0.5, 0.6) is 0 Å². The zero-order valence-corrected chi connectivity index (χ0v) is 13.1. The number of halogens is 3. The quantitative estimate of drug-likeness (QED) is 0.900. The summed E-state index contributed by atoms with van der Waals surface area (Å²) < 4.78 is 36.1. The van der Waals surface area contributed by atoms with Gasteiger partial charge in [-0.2, -0.15) is 13.2 Å². The van der Waals surface area contributed by atoms with E-state index in [0.717, 1.165) is 11.3 Å². The van der Waals surface area contributed by atoms with E-state index in [2.05, 4.69) is 15.0 Å². The maximum Gasteiger partial charge on any atom is 0.405 e. The molecule has 0 saturated heterocycles. The Morgan fingerprint density at radius 1 is 1.21 bits per heavy atom. The maximum absolute atomic E-state index is 12.0.